The highest BCUT2D eigenvalue weighted by Crippen LogP contribution is 2.67. The number of fused-ring (bicyclic) bond motifs is 5. The van der Waals surface area contributed by atoms with Gasteiger partial charge in [-0.3, -0.25) is 4.79 Å². The third-order valence-corrected chi connectivity index (χ3v) is 9.56. The predicted molar refractivity (Wildman–Crippen MR) is 126 cm³/mol. The van der Waals surface area contributed by atoms with Gasteiger partial charge in [-0.05, 0) is 80.6 Å². The minimum atomic E-state index is -1.36. The van der Waals surface area contributed by atoms with Gasteiger partial charge < -0.3 is 25.5 Å². The molecule has 0 bridgehead atoms. The first-order valence-electron chi connectivity index (χ1n) is 12.3. The maximum atomic E-state index is 11.9. The number of carbonyl (C=O) groups excluding carboxylic acids is 1. The number of carbonyl (C=O) groups is 2. The van der Waals surface area contributed by atoms with Crippen LogP contribution in [0.25, 0.3) is 0 Å². The Morgan fingerprint density at radius 2 is 1.97 bits per heavy atom. The van der Waals surface area contributed by atoms with E-state index in [0.29, 0.717) is 24.2 Å². The molecule has 0 aliphatic heterocycles. The molecule has 34 heavy (non-hydrogen) atoms. The number of carboxylic acids is 1. The molecule has 8 heteroatoms. The lowest BCUT2D eigenvalue weighted by Crippen LogP contribution is -2.54. The number of aliphatic hydroxyl groups excluding tert-OH is 1. The lowest BCUT2D eigenvalue weighted by molar-refractivity contribution is -0.143. The quantitative estimate of drug-likeness (QED) is 0.347. The van der Waals surface area contributed by atoms with Crippen LogP contribution in [0.2, 0.25) is 0 Å². The van der Waals surface area contributed by atoms with Gasteiger partial charge in [0.2, 0.25) is 0 Å². The van der Waals surface area contributed by atoms with E-state index in [1.54, 1.807) is 0 Å². The van der Waals surface area contributed by atoms with Crippen LogP contribution in [0.15, 0.2) is 16.8 Å². The number of nitrogens with one attached hydrogen (secondary N) is 1. The van der Waals surface area contributed by atoms with Crippen LogP contribution >= 0.6 is 0 Å². The molecule has 186 valence electrons. The molecular weight excluding hydrogens is 436 g/mol. The van der Waals surface area contributed by atoms with Crippen molar-refractivity contribution in [3.8, 4) is 12.3 Å². The molecule has 4 aliphatic carbocycles. The number of oxime groups is 1. The zero-order chi connectivity index (χ0) is 24.7. The molecular formula is C26H36N2O6. The highest BCUT2D eigenvalue weighted by Gasteiger charge is 2.63. The molecule has 4 unspecified atom stereocenters. The molecule has 0 saturated heterocycles. The number of nitrogens with zero attached hydrogens (tertiary/aromatic N) is 1. The molecule has 3 fully saturated rings. The van der Waals surface area contributed by atoms with Gasteiger partial charge in [-0.25, -0.2) is 4.79 Å². The van der Waals surface area contributed by atoms with Crippen LogP contribution in [0.4, 0.5) is 0 Å². The van der Waals surface area contributed by atoms with E-state index in [1.807, 2.05) is 0 Å². The number of allylic oxidation sites excluding steroid dienone is 2. The van der Waals surface area contributed by atoms with E-state index in [2.05, 4.69) is 36.3 Å². The van der Waals surface area contributed by atoms with E-state index in [-0.39, 0.29) is 10.8 Å². The fourth-order valence-corrected chi connectivity index (χ4v) is 7.49. The van der Waals surface area contributed by atoms with E-state index in [0.717, 1.165) is 50.7 Å². The van der Waals surface area contributed by atoms with Crippen molar-refractivity contribution in [1.82, 2.24) is 5.32 Å². The van der Waals surface area contributed by atoms with E-state index in [1.165, 1.54) is 5.57 Å². The average molecular weight is 473 g/mol. The van der Waals surface area contributed by atoms with Crippen LogP contribution in [-0.2, 0) is 14.4 Å². The first-order chi connectivity index (χ1) is 16.1. The van der Waals surface area contributed by atoms with Crippen molar-refractivity contribution >= 4 is 17.6 Å². The van der Waals surface area contributed by atoms with Crippen molar-refractivity contribution in [1.29, 1.82) is 0 Å². The third kappa shape index (κ3) is 3.93. The Morgan fingerprint density at radius 1 is 1.24 bits per heavy atom. The fourth-order valence-electron chi connectivity index (χ4n) is 7.49. The van der Waals surface area contributed by atoms with Crippen LogP contribution in [0.3, 0.4) is 0 Å². The molecule has 3 saturated carbocycles. The summed E-state index contributed by atoms with van der Waals surface area (Å²) in [4.78, 5) is 28.0. The van der Waals surface area contributed by atoms with Gasteiger partial charge in [-0.1, -0.05) is 30.5 Å². The predicted octanol–water partition coefficient (Wildman–Crippen LogP) is 2.25. The highest BCUT2D eigenvalue weighted by atomic mass is 16.6. The molecule has 4 aliphatic rings. The summed E-state index contributed by atoms with van der Waals surface area (Å²) in [5, 5.41) is 35.4. The fraction of sp³-hybridized carbons (Fsp3) is 0.731. The average Bonchev–Trinajstić information content (AvgIpc) is 3.08. The molecule has 8 nitrogen and oxygen atoms in total. The summed E-state index contributed by atoms with van der Waals surface area (Å²) in [6.07, 6.45) is 15.4. The Bertz CT molecular complexity index is 953. The van der Waals surface area contributed by atoms with E-state index >= 15 is 0 Å². The summed E-state index contributed by atoms with van der Waals surface area (Å²) in [5.41, 5.74) is 1.07. The smallest absolute Gasteiger partial charge is 0.328 e. The number of hydrogen-bond acceptors (Lipinski definition) is 6. The van der Waals surface area contributed by atoms with Crippen molar-refractivity contribution in [3.05, 3.63) is 11.6 Å². The lowest BCUT2D eigenvalue weighted by Gasteiger charge is -2.58. The van der Waals surface area contributed by atoms with E-state index in [4.69, 9.17) is 21.5 Å². The Kier molecular flexibility index (Phi) is 6.56. The molecule has 0 spiro atoms. The zero-order valence-corrected chi connectivity index (χ0v) is 20.0. The third-order valence-electron chi connectivity index (χ3n) is 9.56. The topological polar surface area (TPSA) is 128 Å². The normalized spacial score (nSPS) is 40.7. The van der Waals surface area contributed by atoms with Crippen LogP contribution in [0.1, 0.15) is 65.2 Å². The lowest BCUT2D eigenvalue weighted by atomic mass is 9.46. The number of terminal acetylenes is 1. The van der Waals surface area contributed by atoms with Gasteiger partial charge in [0, 0.05) is 5.41 Å². The summed E-state index contributed by atoms with van der Waals surface area (Å²) < 4.78 is 0. The number of carboxylic acid groups (broad SMARTS) is 1. The monoisotopic (exact) mass is 472 g/mol. The number of aliphatic carboxylic acids is 1. The Morgan fingerprint density at radius 3 is 2.65 bits per heavy atom. The molecule has 0 heterocycles. The number of rotatable bonds is 6. The summed E-state index contributed by atoms with van der Waals surface area (Å²) in [6.45, 7) is 3.47. The van der Waals surface area contributed by atoms with Gasteiger partial charge in [0.25, 0.3) is 5.91 Å². The number of hydrogen-bond donors (Lipinski definition) is 4. The zero-order valence-electron chi connectivity index (χ0n) is 20.0. The van der Waals surface area contributed by atoms with Crippen LogP contribution < -0.4 is 5.32 Å². The van der Waals surface area contributed by atoms with Crippen molar-refractivity contribution in [3.63, 3.8) is 0 Å². The molecule has 0 aromatic carbocycles. The van der Waals surface area contributed by atoms with Gasteiger partial charge in [-0.15, -0.1) is 6.42 Å². The molecule has 0 aromatic rings. The summed E-state index contributed by atoms with van der Waals surface area (Å²) in [6, 6.07) is -1.36. The molecule has 7 atom stereocenters. The second kappa shape index (κ2) is 9.01. The molecule has 4 N–H and O–H groups in total. The Labute approximate surface area is 200 Å². The molecule has 0 aromatic heterocycles. The SMILES string of the molecule is C#C[C@@]1(O)CCC2C3CCC4=C/C(=N/OCC(=O)NC(CO)C(=O)O)CC[C@]4(C)C3CC[C@@]21C. The maximum Gasteiger partial charge on any atom is 0.328 e. The van der Waals surface area contributed by atoms with Crippen molar-refractivity contribution in [2.24, 2.45) is 33.7 Å². The first kappa shape index (κ1) is 24.7. The second-order valence-corrected chi connectivity index (χ2v) is 11.0. The molecule has 4 rings (SSSR count). The number of aliphatic hydroxyl groups is 2. The van der Waals surface area contributed by atoms with Crippen molar-refractivity contribution < 1.29 is 29.7 Å². The number of amides is 1. The minimum absolute atomic E-state index is 0.0906. The van der Waals surface area contributed by atoms with Crippen LogP contribution in [0, 0.1) is 40.9 Å². The van der Waals surface area contributed by atoms with E-state index < -0.39 is 36.7 Å². The van der Waals surface area contributed by atoms with Crippen LogP contribution in [0.5, 0.6) is 0 Å². The van der Waals surface area contributed by atoms with Gasteiger partial charge >= 0.3 is 5.97 Å². The van der Waals surface area contributed by atoms with Gasteiger partial charge in [0.05, 0.1) is 12.3 Å². The van der Waals surface area contributed by atoms with Gasteiger partial charge in [-0.2, -0.15) is 0 Å². The Balaban J connectivity index is 1.42. The van der Waals surface area contributed by atoms with Gasteiger partial charge in [0.1, 0.15) is 11.6 Å². The van der Waals surface area contributed by atoms with Crippen molar-refractivity contribution in [2.45, 2.75) is 76.9 Å². The summed E-state index contributed by atoms with van der Waals surface area (Å²) in [5.74, 6) is 2.37. The summed E-state index contributed by atoms with van der Waals surface area (Å²) in [7, 11) is 0. The largest absolute Gasteiger partial charge is 0.480 e. The summed E-state index contributed by atoms with van der Waals surface area (Å²) >= 11 is 0. The van der Waals surface area contributed by atoms with Crippen LogP contribution in [-0.4, -0.2) is 57.8 Å². The van der Waals surface area contributed by atoms with Gasteiger partial charge in [0.15, 0.2) is 6.61 Å². The Hall–Kier alpha value is -2.37. The second-order valence-electron chi connectivity index (χ2n) is 11.0. The first-order valence-corrected chi connectivity index (χ1v) is 12.3. The molecule has 0 radical (unpaired) electrons. The van der Waals surface area contributed by atoms with Crippen molar-refractivity contribution in [2.75, 3.05) is 13.2 Å². The maximum absolute atomic E-state index is 11.9. The highest BCUT2D eigenvalue weighted by molar-refractivity contribution is 5.96. The van der Waals surface area contributed by atoms with E-state index in [9.17, 15) is 14.7 Å². The molecule has 1 amide bonds. The minimum Gasteiger partial charge on any atom is -0.480 e. The standard InChI is InChI=1S/C26H36N2O6/c1-4-26(33)12-9-20-18-6-5-16-13-17(28-34-15-22(30)27-21(14-29)23(31)32)7-10-24(16,2)19(18)8-11-25(20,26)3/h1,13,18-21,29,33H,5-12,14-15H2,2-3H3,(H,27,30)(H,31,32)/b28-17+/t18?,19?,20?,21?,24-,25-,26+/m0/s1.